The van der Waals surface area contributed by atoms with Crippen LogP contribution < -0.4 is 31.8 Å². The van der Waals surface area contributed by atoms with Crippen molar-refractivity contribution < 1.29 is 33.2 Å². The number of nitrogens with one attached hydrogen (secondary N) is 2. The van der Waals surface area contributed by atoms with Gasteiger partial charge in [0.15, 0.2) is 12.5 Å². The van der Waals surface area contributed by atoms with E-state index in [0.29, 0.717) is 60.1 Å². The lowest BCUT2D eigenvalue weighted by atomic mass is 9.96. The highest BCUT2D eigenvalue weighted by Gasteiger charge is 2.67. The zero-order valence-electron chi connectivity index (χ0n) is 47.7. The molecule has 4 bridgehead atoms. The van der Waals surface area contributed by atoms with Crippen LogP contribution in [0, 0.1) is 34.3 Å². The Hall–Kier alpha value is -7.30. The lowest BCUT2D eigenvalue weighted by Gasteiger charge is -2.38. The molecule has 2 amide bonds. The number of fused-ring (bicyclic) bond motifs is 4. The Morgan fingerprint density at radius 3 is 1.60 bits per heavy atom. The zero-order chi connectivity index (χ0) is 58.2. The minimum absolute atomic E-state index is 0.103. The molecule has 25 nitrogen and oxygen atoms in total. The van der Waals surface area contributed by atoms with Crippen molar-refractivity contribution in [2.75, 3.05) is 46.7 Å². The number of amides is 2. The van der Waals surface area contributed by atoms with Gasteiger partial charge >= 0.3 is 11.4 Å². The molecule has 81 heavy (non-hydrogen) atoms. The van der Waals surface area contributed by atoms with Crippen LogP contribution in [0.25, 0.3) is 4.85 Å². The van der Waals surface area contributed by atoms with Gasteiger partial charge in [-0.15, -0.1) is 10.2 Å². The number of carbonyl (C=O) groups excluding carboxylic acids is 2. The Balaban J connectivity index is 0.000000205. The highest BCUT2D eigenvalue weighted by molar-refractivity contribution is 7.44. The first-order chi connectivity index (χ1) is 38.6. The Kier molecular flexibility index (Phi) is 17.0. The van der Waals surface area contributed by atoms with Crippen molar-refractivity contribution in [3.63, 3.8) is 0 Å². The van der Waals surface area contributed by atoms with Crippen LogP contribution in [0.2, 0.25) is 0 Å². The van der Waals surface area contributed by atoms with Gasteiger partial charge in [0.25, 0.3) is 20.3 Å². The normalized spacial score (nSPS) is 24.0. The number of aliphatic hydroxyl groups excluding tert-OH is 1. The van der Waals surface area contributed by atoms with Crippen LogP contribution in [0.5, 0.6) is 0 Å². The number of anilines is 4. The number of hydrogen-bond acceptors (Lipinski definition) is 18. The van der Waals surface area contributed by atoms with Crippen LogP contribution >= 0.6 is 8.53 Å². The van der Waals surface area contributed by atoms with Crippen molar-refractivity contribution in [2.24, 2.45) is 14.1 Å². The molecule has 8 heterocycles. The molecule has 4 fully saturated rings. The van der Waals surface area contributed by atoms with Gasteiger partial charge in [-0.1, -0.05) is 50.2 Å². The van der Waals surface area contributed by atoms with E-state index in [9.17, 15) is 24.3 Å². The van der Waals surface area contributed by atoms with Gasteiger partial charge in [0.1, 0.15) is 65.4 Å². The SMILES string of the molecule is CC[C@@]12CN(c3nc(C)n(C)n3)[C@@H]([C@H](n3cc(C)c(NC(=O)c4ccccc4)nc3=O)O1)[C@@H]2O.[C-]#[N+]CCOP(O[C@H]1[C@@H]2[C@H](n3cc(C)c(NC(=O)c4ccccc4)nc3=O)O[C@@]1(CC)CN2c1nc(C)n(C)n1)N(C(C)C)C(C)C. The fourth-order valence-electron chi connectivity index (χ4n) is 11.0. The molecule has 4 saturated heterocycles. The number of aryl methyl sites for hydroxylation is 6. The molecule has 6 aromatic rings. The Labute approximate surface area is 471 Å². The van der Waals surface area contributed by atoms with E-state index >= 15 is 0 Å². The molecule has 430 valence electrons. The van der Waals surface area contributed by atoms with Crippen LogP contribution in [0.3, 0.4) is 0 Å². The van der Waals surface area contributed by atoms with Gasteiger partial charge in [-0.3, -0.25) is 28.1 Å². The standard InChI is InChI=1S/C32H44N9O5P.C23H27N7O4/c1-10-32-19-40(30-34-23(7)38(9)37-30)25(26(32)46-47(44-17-16-33-8)41(20(2)3)21(4)5)29(45-32)39-18-22(6)27(36-31(39)43)35-28(42)24-14-12-11-13-15-24;1-5-23-12-30(21-24-14(3)28(4)27-21)16(17(23)31)20(34-23)29-11-13(2)18(26-22(29)33)25-19(32)15-9-7-6-8-10-15/h11-15,18,20-21,25-26,29H,10,16-17,19H2,1-7,9H3,(H,35,36,42,43);6-11,16-17,20,31H,5,12H2,1-4H3,(H,25,26,32,33)/t25-,26+,29-,32+,47?;16-,17+,20-,23+/m11/s1. The van der Waals surface area contributed by atoms with Crippen molar-refractivity contribution in [2.45, 2.75) is 142 Å². The molecule has 0 spiro atoms. The van der Waals surface area contributed by atoms with E-state index in [-0.39, 0.29) is 48.7 Å². The van der Waals surface area contributed by atoms with Crippen molar-refractivity contribution in [1.29, 1.82) is 0 Å². The van der Waals surface area contributed by atoms with Crippen molar-refractivity contribution in [1.82, 2.24) is 53.3 Å². The lowest BCUT2D eigenvalue weighted by Crippen LogP contribution is -2.48. The summed E-state index contributed by atoms with van der Waals surface area (Å²) in [6.45, 7) is 28.2. The van der Waals surface area contributed by atoms with Crippen LogP contribution in [-0.4, -0.2) is 144 Å². The number of nitrogens with zero attached hydrogens (tertiary/aromatic N) is 14. The van der Waals surface area contributed by atoms with Crippen LogP contribution in [0.4, 0.5) is 23.5 Å². The summed E-state index contributed by atoms with van der Waals surface area (Å²) in [4.78, 5) is 77.3. The van der Waals surface area contributed by atoms with E-state index < -0.39 is 67.9 Å². The van der Waals surface area contributed by atoms with Gasteiger partial charge < -0.3 is 48.9 Å². The predicted octanol–water partition coefficient (Wildman–Crippen LogP) is 5.64. The second-order valence-electron chi connectivity index (χ2n) is 21.3. The molecule has 3 N–H and O–H groups in total. The summed E-state index contributed by atoms with van der Waals surface area (Å²) in [6.07, 6.45) is 1.44. The summed E-state index contributed by atoms with van der Waals surface area (Å²) in [5.41, 5.74) is -0.741. The number of benzene rings is 2. The minimum atomic E-state index is -1.62. The van der Waals surface area contributed by atoms with Crippen LogP contribution in [0.1, 0.15) is 110 Å². The number of rotatable bonds is 18. The van der Waals surface area contributed by atoms with E-state index in [1.54, 1.807) is 91.2 Å². The number of aromatic nitrogens is 10. The summed E-state index contributed by atoms with van der Waals surface area (Å²) in [7, 11) is 2.03. The third kappa shape index (κ3) is 11.3. The Morgan fingerprint density at radius 1 is 0.741 bits per heavy atom. The molecule has 9 atom stereocenters. The maximum absolute atomic E-state index is 13.7. The van der Waals surface area contributed by atoms with Gasteiger partial charge in [-0.05, 0) is 92.5 Å². The number of aliphatic hydroxyl groups is 1. The predicted molar refractivity (Wildman–Crippen MR) is 303 cm³/mol. The molecule has 2 aromatic carbocycles. The molecule has 26 heteroatoms. The number of hydrogen-bond donors (Lipinski definition) is 3. The van der Waals surface area contributed by atoms with Gasteiger partial charge in [0, 0.05) is 60.8 Å². The molecule has 4 aromatic heterocycles. The van der Waals surface area contributed by atoms with E-state index in [1.165, 1.54) is 9.13 Å². The highest BCUT2D eigenvalue weighted by atomic mass is 31.2. The monoisotopic (exact) mass is 1130 g/mol. The minimum Gasteiger partial charge on any atom is -0.388 e. The van der Waals surface area contributed by atoms with E-state index in [2.05, 4.69) is 77.9 Å². The second kappa shape index (κ2) is 23.7. The zero-order valence-corrected chi connectivity index (χ0v) is 48.6. The smallest absolute Gasteiger partial charge is 0.351 e. The van der Waals surface area contributed by atoms with E-state index in [0.717, 1.165) is 11.6 Å². The maximum Gasteiger partial charge on any atom is 0.351 e. The van der Waals surface area contributed by atoms with Crippen molar-refractivity contribution >= 4 is 43.9 Å². The van der Waals surface area contributed by atoms with Gasteiger partial charge in [-0.2, -0.15) is 19.9 Å². The first-order valence-electron chi connectivity index (χ1n) is 27.1. The molecular formula is C55H71N16O9P. The first-order valence-corrected chi connectivity index (χ1v) is 28.2. The Bertz CT molecular complexity index is 3370. The molecule has 1 unspecified atom stereocenters. The topological polar surface area (TPSA) is 261 Å². The van der Waals surface area contributed by atoms with Crippen molar-refractivity contribution in [3.05, 3.63) is 139 Å². The molecular weight excluding hydrogens is 1060 g/mol. The lowest BCUT2D eigenvalue weighted by molar-refractivity contribution is -0.107. The van der Waals surface area contributed by atoms with Crippen LogP contribution in [-0.2, 0) is 32.6 Å². The quantitative estimate of drug-likeness (QED) is 0.0534. The summed E-state index contributed by atoms with van der Waals surface area (Å²) >= 11 is 0. The third-order valence-corrected chi connectivity index (χ3v) is 17.6. The first kappa shape index (κ1) is 58.4. The highest BCUT2D eigenvalue weighted by Crippen LogP contribution is 2.57. The van der Waals surface area contributed by atoms with E-state index in [1.807, 2.05) is 51.8 Å². The number of morpholine rings is 2. The number of ether oxygens (including phenoxy) is 2. The fourth-order valence-corrected chi connectivity index (χ4v) is 12.8. The molecule has 0 radical (unpaired) electrons. The maximum atomic E-state index is 13.7. The molecule has 4 aliphatic rings. The third-order valence-electron chi connectivity index (χ3n) is 15.4. The summed E-state index contributed by atoms with van der Waals surface area (Å²) in [6, 6.07) is 16.6. The summed E-state index contributed by atoms with van der Waals surface area (Å²) < 4.78 is 34.9. The fraction of sp³-hybridized carbons (Fsp3) is 0.509. The molecule has 4 aliphatic heterocycles. The Morgan fingerprint density at radius 2 is 1.19 bits per heavy atom. The van der Waals surface area contributed by atoms with Gasteiger partial charge in [-0.25, -0.2) is 20.8 Å². The average Bonchev–Trinajstić information content (AvgIpc) is 2.82. The van der Waals surface area contributed by atoms with Crippen LogP contribution in [0.15, 0.2) is 82.6 Å². The molecule has 0 aliphatic carbocycles. The summed E-state index contributed by atoms with van der Waals surface area (Å²) in [5.74, 6) is 2.13. The number of carbonyl (C=O) groups is 2. The van der Waals surface area contributed by atoms with E-state index in [4.69, 9.17) is 30.1 Å². The van der Waals surface area contributed by atoms with Gasteiger partial charge in [0.2, 0.25) is 18.4 Å². The molecule has 0 saturated carbocycles. The van der Waals surface area contributed by atoms with Gasteiger partial charge in [0.05, 0.1) is 13.1 Å². The summed E-state index contributed by atoms with van der Waals surface area (Å²) in [5, 5.41) is 25.8. The largest absolute Gasteiger partial charge is 0.388 e. The average molecular weight is 1130 g/mol. The second-order valence-corrected chi connectivity index (χ2v) is 22.7. The van der Waals surface area contributed by atoms with Crippen molar-refractivity contribution in [3.8, 4) is 0 Å². The molecule has 10 rings (SSSR count).